The van der Waals surface area contributed by atoms with Gasteiger partial charge in [-0.1, -0.05) is 24.3 Å². The molecular formula is C18H30N2O. The van der Waals surface area contributed by atoms with Crippen LogP contribution in [0.4, 0.5) is 0 Å². The highest BCUT2D eigenvalue weighted by atomic mass is 16.5. The Bertz CT molecular complexity index is 419. The number of hydrogen-bond donors (Lipinski definition) is 1. The molecule has 0 amide bonds. The maximum absolute atomic E-state index is 5.88. The molecule has 2 rings (SSSR count). The molecule has 1 saturated heterocycles. The Balaban J connectivity index is 1.76. The lowest BCUT2D eigenvalue weighted by atomic mass is 10.1. The molecule has 0 aliphatic carbocycles. The summed E-state index contributed by atoms with van der Waals surface area (Å²) in [5.41, 5.74) is 2.79. The van der Waals surface area contributed by atoms with Crippen LogP contribution in [-0.4, -0.2) is 36.7 Å². The van der Waals surface area contributed by atoms with Gasteiger partial charge in [0.25, 0.3) is 0 Å². The number of nitrogens with one attached hydrogen (secondary N) is 1. The maximum atomic E-state index is 5.88. The number of rotatable bonds is 7. The fraction of sp³-hybridized carbons (Fsp3) is 0.667. The first-order valence-corrected chi connectivity index (χ1v) is 8.16. The van der Waals surface area contributed by atoms with Crippen LogP contribution in [0.5, 0.6) is 0 Å². The molecule has 0 unspecified atom stereocenters. The predicted molar refractivity (Wildman–Crippen MR) is 88.4 cm³/mol. The third-order valence-electron chi connectivity index (χ3n) is 3.94. The number of nitrogens with zero attached hydrogens (tertiary/aromatic N) is 1. The molecule has 3 heteroatoms. The molecule has 21 heavy (non-hydrogen) atoms. The summed E-state index contributed by atoms with van der Waals surface area (Å²) < 4.78 is 5.88. The average molecular weight is 290 g/mol. The van der Waals surface area contributed by atoms with E-state index in [4.69, 9.17) is 4.74 Å². The molecular weight excluding hydrogens is 260 g/mol. The van der Waals surface area contributed by atoms with Crippen molar-refractivity contribution >= 4 is 0 Å². The monoisotopic (exact) mass is 290 g/mol. The van der Waals surface area contributed by atoms with Crippen molar-refractivity contribution in [2.45, 2.75) is 52.3 Å². The van der Waals surface area contributed by atoms with Crippen LogP contribution in [0.2, 0.25) is 0 Å². The van der Waals surface area contributed by atoms with Gasteiger partial charge in [-0.3, -0.25) is 0 Å². The molecule has 0 atom stereocenters. The summed E-state index contributed by atoms with van der Waals surface area (Å²) in [4.78, 5) is 2.49. The third kappa shape index (κ3) is 6.16. The summed E-state index contributed by atoms with van der Waals surface area (Å²) in [6.07, 6.45) is 2.70. The zero-order valence-corrected chi connectivity index (χ0v) is 13.8. The third-order valence-corrected chi connectivity index (χ3v) is 3.94. The lowest BCUT2D eigenvalue weighted by Crippen LogP contribution is -2.35. The summed E-state index contributed by atoms with van der Waals surface area (Å²) in [7, 11) is 0. The Labute approximate surface area is 129 Å². The molecule has 1 aliphatic rings. The summed E-state index contributed by atoms with van der Waals surface area (Å²) in [5, 5.41) is 3.55. The van der Waals surface area contributed by atoms with Gasteiger partial charge in [-0.25, -0.2) is 0 Å². The Hall–Kier alpha value is -0.900. The highest BCUT2D eigenvalue weighted by molar-refractivity contribution is 5.26. The molecule has 1 heterocycles. The van der Waals surface area contributed by atoms with E-state index >= 15 is 0 Å². The van der Waals surface area contributed by atoms with E-state index in [2.05, 4.69) is 55.3 Å². The largest absolute Gasteiger partial charge is 0.375 e. The molecule has 0 bridgehead atoms. The van der Waals surface area contributed by atoms with Crippen molar-refractivity contribution in [3.63, 3.8) is 0 Å². The van der Waals surface area contributed by atoms with E-state index in [0.29, 0.717) is 0 Å². The van der Waals surface area contributed by atoms with Crippen molar-refractivity contribution < 1.29 is 4.74 Å². The van der Waals surface area contributed by atoms with E-state index in [0.717, 1.165) is 26.3 Å². The van der Waals surface area contributed by atoms with Gasteiger partial charge in [-0.2, -0.15) is 0 Å². The zero-order valence-electron chi connectivity index (χ0n) is 13.8. The molecule has 1 aliphatic heterocycles. The van der Waals surface area contributed by atoms with Gasteiger partial charge >= 0.3 is 0 Å². The van der Waals surface area contributed by atoms with Crippen LogP contribution in [0, 0.1) is 0 Å². The van der Waals surface area contributed by atoms with Crippen LogP contribution < -0.4 is 5.32 Å². The van der Waals surface area contributed by atoms with Crippen LogP contribution >= 0.6 is 0 Å². The summed E-state index contributed by atoms with van der Waals surface area (Å²) in [6.45, 7) is 12.6. The van der Waals surface area contributed by atoms with Gasteiger partial charge in [-0.05, 0) is 57.8 Å². The fourth-order valence-corrected chi connectivity index (χ4v) is 2.61. The van der Waals surface area contributed by atoms with Gasteiger partial charge in [0.1, 0.15) is 0 Å². The van der Waals surface area contributed by atoms with Crippen molar-refractivity contribution in [1.82, 2.24) is 10.2 Å². The number of hydrogen-bond acceptors (Lipinski definition) is 3. The minimum Gasteiger partial charge on any atom is -0.375 e. The topological polar surface area (TPSA) is 24.5 Å². The van der Waals surface area contributed by atoms with Gasteiger partial charge in [0.15, 0.2) is 0 Å². The van der Waals surface area contributed by atoms with Crippen molar-refractivity contribution in [2.75, 3.05) is 26.2 Å². The Morgan fingerprint density at radius 2 is 1.76 bits per heavy atom. The summed E-state index contributed by atoms with van der Waals surface area (Å²) in [5.74, 6) is 0. The molecule has 3 nitrogen and oxygen atoms in total. The van der Waals surface area contributed by atoms with Gasteiger partial charge in [-0.15, -0.1) is 0 Å². The van der Waals surface area contributed by atoms with Gasteiger partial charge in [0, 0.05) is 18.6 Å². The highest BCUT2D eigenvalue weighted by Gasteiger charge is 2.12. The Morgan fingerprint density at radius 3 is 2.43 bits per heavy atom. The second kappa shape index (κ2) is 7.92. The second-order valence-corrected chi connectivity index (χ2v) is 6.97. The quantitative estimate of drug-likeness (QED) is 0.781. The first-order valence-electron chi connectivity index (χ1n) is 8.16. The number of benzene rings is 1. The lowest BCUT2D eigenvalue weighted by molar-refractivity contribution is 0.0987. The minimum atomic E-state index is 0.143. The SMILES string of the molecule is CC(C)(C)NCc1ccccc1COCCN1CCCC1. The van der Waals surface area contributed by atoms with Crippen molar-refractivity contribution in [1.29, 1.82) is 0 Å². The van der Waals surface area contributed by atoms with Gasteiger partial charge in [0.2, 0.25) is 0 Å². The van der Waals surface area contributed by atoms with Crippen molar-refractivity contribution in [3.05, 3.63) is 35.4 Å². The first-order chi connectivity index (χ1) is 10.0. The minimum absolute atomic E-state index is 0.143. The molecule has 1 aromatic carbocycles. The normalized spacial score (nSPS) is 16.5. The first kappa shape index (κ1) is 16.5. The van der Waals surface area contributed by atoms with Crippen molar-refractivity contribution in [3.8, 4) is 0 Å². The summed E-state index contributed by atoms with van der Waals surface area (Å²) in [6, 6.07) is 8.57. The van der Waals surface area contributed by atoms with Crippen LogP contribution in [0.1, 0.15) is 44.7 Å². The highest BCUT2D eigenvalue weighted by Crippen LogP contribution is 2.12. The fourth-order valence-electron chi connectivity index (χ4n) is 2.61. The molecule has 0 aromatic heterocycles. The zero-order chi connectivity index (χ0) is 15.1. The standard InChI is InChI=1S/C18H30N2O/c1-18(2,3)19-14-16-8-4-5-9-17(16)15-21-13-12-20-10-6-7-11-20/h4-5,8-9,19H,6-7,10-15H2,1-3H3. The number of ether oxygens (including phenoxy) is 1. The molecule has 0 saturated carbocycles. The van der Waals surface area contributed by atoms with Crippen molar-refractivity contribution in [2.24, 2.45) is 0 Å². The van der Waals surface area contributed by atoms with E-state index in [1.807, 2.05) is 0 Å². The van der Waals surface area contributed by atoms with E-state index < -0.39 is 0 Å². The Morgan fingerprint density at radius 1 is 1.10 bits per heavy atom. The molecule has 1 aromatic rings. The second-order valence-electron chi connectivity index (χ2n) is 6.97. The van der Waals surface area contributed by atoms with Crippen LogP contribution in [0.3, 0.4) is 0 Å². The van der Waals surface area contributed by atoms with E-state index in [9.17, 15) is 0 Å². The van der Waals surface area contributed by atoms with Crippen LogP contribution in [-0.2, 0) is 17.9 Å². The number of likely N-dealkylation sites (tertiary alicyclic amines) is 1. The Kier molecular flexibility index (Phi) is 6.22. The lowest BCUT2D eigenvalue weighted by Gasteiger charge is -2.22. The molecule has 0 spiro atoms. The van der Waals surface area contributed by atoms with E-state index in [1.54, 1.807) is 0 Å². The van der Waals surface area contributed by atoms with Gasteiger partial charge < -0.3 is 15.0 Å². The van der Waals surface area contributed by atoms with E-state index in [1.165, 1.54) is 37.1 Å². The van der Waals surface area contributed by atoms with Gasteiger partial charge in [0.05, 0.1) is 13.2 Å². The van der Waals surface area contributed by atoms with E-state index in [-0.39, 0.29) is 5.54 Å². The molecule has 0 radical (unpaired) electrons. The predicted octanol–water partition coefficient (Wildman–Crippen LogP) is 3.19. The average Bonchev–Trinajstić information content (AvgIpc) is 2.95. The molecule has 1 N–H and O–H groups in total. The smallest absolute Gasteiger partial charge is 0.0720 e. The molecule has 1 fully saturated rings. The maximum Gasteiger partial charge on any atom is 0.0720 e. The summed E-state index contributed by atoms with van der Waals surface area (Å²) >= 11 is 0. The van der Waals surface area contributed by atoms with Crippen LogP contribution in [0.15, 0.2) is 24.3 Å². The van der Waals surface area contributed by atoms with Crippen LogP contribution in [0.25, 0.3) is 0 Å². The molecule has 118 valence electrons.